The molecule has 0 radical (unpaired) electrons. The molecule has 9 heteroatoms. The molecule has 3 amide bonds. The fraction of sp³-hybridized carbons (Fsp3) is 0.150. The Kier molecular flexibility index (Phi) is 6.18. The molecule has 1 fully saturated rings. The summed E-state index contributed by atoms with van der Waals surface area (Å²) < 4.78 is 24.2. The van der Waals surface area contributed by atoms with Crippen LogP contribution >= 0.6 is 11.8 Å². The predicted octanol–water partition coefficient (Wildman–Crippen LogP) is 3.52. The van der Waals surface area contributed by atoms with Crippen molar-refractivity contribution in [2.24, 2.45) is 0 Å². The van der Waals surface area contributed by atoms with Gasteiger partial charge in [0, 0.05) is 5.56 Å². The zero-order valence-corrected chi connectivity index (χ0v) is 16.4. The second-order valence-corrected chi connectivity index (χ2v) is 6.87. The molecule has 0 aromatic heterocycles. The second-order valence-electron chi connectivity index (χ2n) is 5.88. The fourth-order valence-electron chi connectivity index (χ4n) is 2.70. The lowest BCUT2D eigenvalue weighted by molar-refractivity contribution is -0.127. The van der Waals surface area contributed by atoms with Crippen LogP contribution in [-0.4, -0.2) is 42.7 Å². The first-order valence-corrected chi connectivity index (χ1v) is 9.27. The Hall–Kier alpha value is -3.33. The highest BCUT2D eigenvalue weighted by atomic mass is 32.2. The highest BCUT2D eigenvalue weighted by molar-refractivity contribution is 8.18. The van der Waals surface area contributed by atoms with Crippen LogP contribution in [0.4, 0.5) is 14.9 Å². The minimum atomic E-state index is -0.683. The summed E-state index contributed by atoms with van der Waals surface area (Å²) in [6.45, 7) is -0.522. The number of nitrogens with one attached hydrogen (secondary N) is 1. The van der Waals surface area contributed by atoms with E-state index in [1.807, 2.05) is 0 Å². The number of para-hydroxylation sites is 2. The summed E-state index contributed by atoms with van der Waals surface area (Å²) in [6.07, 6.45) is 1.50. The molecule has 0 aliphatic carbocycles. The Morgan fingerprint density at radius 2 is 1.90 bits per heavy atom. The number of halogens is 1. The number of imide groups is 1. The average Bonchev–Trinajstić information content (AvgIpc) is 2.96. The normalized spacial score (nSPS) is 15.0. The van der Waals surface area contributed by atoms with Gasteiger partial charge in [0.25, 0.3) is 11.1 Å². The molecule has 1 aliphatic heterocycles. The molecule has 2 aromatic carbocycles. The van der Waals surface area contributed by atoms with Crippen LogP contribution in [0.3, 0.4) is 0 Å². The lowest BCUT2D eigenvalue weighted by atomic mass is 10.1. The largest absolute Gasteiger partial charge is 0.493 e. The van der Waals surface area contributed by atoms with Crippen molar-refractivity contribution < 1.29 is 28.2 Å². The van der Waals surface area contributed by atoms with E-state index in [1.165, 1.54) is 38.5 Å². The number of benzene rings is 2. The van der Waals surface area contributed by atoms with E-state index in [9.17, 15) is 18.8 Å². The molecule has 150 valence electrons. The Labute approximate surface area is 170 Å². The maximum Gasteiger partial charge on any atom is 0.294 e. The summed E-state index contributed by atoms with van der Waals surface area (Å²) in [4.78, 5) is 38.0. The van der Waals surface area contributed by atoms with Crippen LogP contribution in [-0.2, 0) is 9.59 Å². The van der Waals surface area contributed by atoms with Crippen LogP contribution in [0.15, 0.2) is 47.4 Å². The second kappa shape index (κ2) is 8.78. The van der Waals surface area contributed by atoms with Crippen molar-refractivity contribution in [3.05, 3.63) is 58.8 Å². The minimum absolute atomic E-state index is 0.0267. The summed E-state index contributed by atoms with van der Waals surface area (Å²) in [7, 11) is 2.96. The van der Waals surface area contributed by atoms with Crippen molar-refractivity contribution in [3.8, 4) is 11.5 Å². The number of methoxy groups -OCH3 is 2. The minimum Gasteiger partial charge on any atom is -0.493 e. The quantitative estimate of drug-likeness (QED) is 0.726. The third-order valence-corrected chi connectivity index (χ3v) is 4.95. The number of nitrogens with zero attached hydrogens (tertiary/aromatic N) is 1. The summed E-state index contributed by atoms with van der Waals surface area (Å²) in [6, 6.07) is 10.8. The van der Waals surface area contributed by atoms with Crippen molar-refractivity contribution in [2.75, 3.05) is 26.1 Å². The van der Waals surface area contributed by atoms with Gasteiger partial charge < -0.3 is 14.8 Å². The van der Waals surface area contributed by atoms with E-state index in [-0.39, 0.29) is 10.6 Å². The van der Waals surface area contributed by atoms with Crippen molar-refractivity contribution >= 4 is 40.6 Å². The van der Waals surface area contributed by atoms with E-state index in [2.05, 4.69) is 5.32 Å². The van der Waals surface area contributed by atoms with Gasteiger partial charge in [-0.25, -0.2) is 4.39 Å². The zero-order valence-electron chi connectivity index (χ0n) is 15.6. The molecule has 0 unspecified atom stereocenters. The van der Waals surface area contributed by atoms with Crippen LogP contribution in [0, 0.1) is 5.82 Å². The van der Waals surface area contributed by atoms with E-state index < -0.39 is 29.4 Å². The van der Waals surface area contributed by atoms with Gasteiger partial charge in [-0.3, -0.25) is 19.3 Å². The molecule has 0 atom stereocenters. The highest BCUT2D eigenvalue weighted by Crippen LogP contribution is 2.37. The molecule has 2 aromatic rings. The number of ether oxygens (including phenoxy) is 2. The van der Waals surface area contributed by atoms with Crippen molar-refractivity contribution in [1.82, 2.24) is 4.90 Å². The number of carbonyl (C=O) groups excluding carboxylic acids is 3. The molecular weight excluding hydrogens is 399 g/mol. The third-order valence-electron chi connectivity index (χ3n) is 4.04. The van der Waals surface area contributed by atoms with E-state index in [0.717, 1.165) is 4.90 Å². The van der Waals surface area contributed by atoms with Crippen molar-refractivity contribution in [2.45, 2.75) is 0 Å². The molecule has 1 aliphatic rings. The van der Waals surface area contributed by atoms with Gasteiger partial charge in [-0.2, -0.15) is 0 Å². The number of rotatable bonds is 6. The molecule has 3 rings (SSSR count). The van der Waals surface area contributed by atoms with Crippen molar-refractivity contribution in [3.63, 3.8) is 0 Å². The van der Waals surface area contributed by atoms with Gasteiger partial charge in [0.15, 0.2) is 11.5 Å². The third kappa shape index (κ3) is 4.40. The summed E-state index contributed by atoms with van der Waals surface area (Å²) >= 11 is 0.709. The first-order valence-electron chi connectivity index (χ1n) is 8.45. The average molecular weight is 416 g/mol. The maximum absolute atomic E-state index is 13.7. The zero-order chi connectivity index (χ0) is 21.0. The number of carbonyl (C=O) groups is 3. The molecule has 1 saturated heterocycles. The van der Waals surface area contributed by atoms with Crippen LogP contribution in [0.5, 0.6) is 11.5 Å². The molecule has 0 saturated carbocycles. The number of hydrogen-bond donors (Lipinski definition) is 1. The number of anilines is 1. The smallest absolute Gasteiger partial charge is 0.294 e. The first kappa shape index (κ1) is 20.4. The first-order chi connectivity index (χ1) is 13.9. The topological polar surface area (TPSA) is 84.9 Å². The molecule has 7 nitrogen and oxygen atoms in total. The highest BCUT2D eigenvalue weighted by Gasteiger charge is 2.36. The van der Waals surface area contributed by atoms with Crippen molar-refractivity contribution in [1.29, 1.82) is 0 Å². The van der Waals surface area contributed by atoms with E-state index >= 15 is 0 Å². The summed E-state index contributed by atoms with van der Waals surface area (Å²) in [5.41, 5.74) is 0.522. The van der Waals surface area contributed by atoms with Crippen LogP contribution in [0.2, 0.25) is 0 Å². The van der Waals surface area contributed by atoms with E-state index in [0.29, 0.717) is 28.8 Å². The molecule has 0 bridgehead atoms. The molecule has 1 N–H and O–H groups in total. The van der Waals surface area contributed by atoms with Crippen LogP contribution in [0.1, 0.15) is 5.56 Å². The lowest BCUT2D eigenvalue weighted by Crippen LogP contribution is -2.36. The summed E-state index contributed by atoms with van der Waals surface area (Å²) in [5, 5.41) is 1.76. The molecule has 29 heavy (non-hydrogen) atoms. The number of thioether (sulfide) groups is 1. The Bertz CT molecular complexity index is 1010. The lowest BCUT2D eigenvalue weighted by Gasteiger charge is -2.13. The Morgan fingerprint density at radius 1 is 1.14 bits per heavy atom. The van der Waals surface area contributed by atoms with E-state index in [1.54, 1.807) is 24.3 Å². The number of amides is 3. The SMILES string of the molecule is COc1cccc(C=C2SC(=O)N(CC(=O)Nc3ccccc3F)C2=O)c1OC. The van der Waals surface area contributed by atoms with Gasteiger partial charge in [-0.1, -0.05) is 24.3 Å². The van der Waals surface area contributed by atoms with Gasteiger partial charge in [0.1, 0.15) is 12.4 Å². The van der Waals surface area contributed by atoms with Gasteiger partial charge in [0.2, 0.25) is 5.91 Å². The number of hydrogen-bond acceptors (Lipinski definition) is 6. The van der Waals surface area contributed by atoms with Gasteiger partial charge in [-0.05, 0) is 36.0 Å². The molecule has 1 heterocycles. The van der Waals surface area contributed by atoms with Gasteiger partial charge >= 0.3 is 0 Å². The summed E-state index contributed by atoms with van der Waals surface area (Å²) in [5.74, 6) is -1.02. The molecular formula is C20H17FN2O5S. The Balaban J connectivity index is 1.77. The fourth-order valence-corrected chi connectivity index (χ4v) is 3.53. The van der Waals surface area contributed by atoms with Gasteiger partial charge in [0.05, 0.1) is 24.8 Å². The van der Waals surface area contributed by atoms with E-state index in [4.69, 9.17) is 9.47 Å². The molecule has 0 spiro atoms. The predicted molar refractivity (Wildman–Crippen MR) is 107 cm³/mol. The van der Waals surface area contributed by atoms with Gasteiger partial charge in [-0.15, -0.1) is 0 Å². The van der Waals surface area contributed by atoms with Crippen LogP contribution < -0.4 is 14.8 Å². The monoisotopic (exact) mass is 416 g/mol. The Morgan fingerprint density at radius 3 is 2.59 bits per heavy atom. The van der Waals surface area contributed by atoms with Crippen LogP contribution in [0.25, 0.3) is 6.08 Å². The maximum atomic E-state index is 13.7. The standard InChI is InChI=1S/C20H17FN2O5S/c1-27-15-9-5-6-12(18(15)28-2)10-16-19(25)23(20(26)29-16)11-17(24)22-14-8-4-3-7-13(14)21/h3-10H,11H2,1-2H3,(H,22,24).